The second-order valence-electron chi connectivity index (χ2n) is 8.89. The molecule has 2 aliphatic rings. The second kappa shape index (κ2) is 8.74. The summed E-state index contributed by atoms with van der Waals surface area (Å²) in [5, 5.41) is 6.67. The lowest BCUT2D eigenvalue weighted by Crippen LogP contribution is -2.44. The van der Waals surface area contributed by atoms with Gasteiger partial charge in [0.25, 0.3) is 0 Å². The van der Waals surface area contributed by atoms with Crippen molar-refractivity contribution in [1.82, 2.24) is 19.9 Å². The number of pyridine rings is 1. The molecule has 0 aliphatic carbocycles. The van der Waals surface area contributed by atoms with Crippen LogP contribution in [0, 0.1) is 6.92 Å². The lowest BCUT2D eigenvalue weighted by Gasteiger charge is -2.34. The van der Waals surface area contributed by atoms with Gasteiger partial charge in [0.05, 0.1) is 5.69 Å². The number of hydrogen-bond acceptors (Lipinski definition) is 7. The van der Waals surface area contributed by atoms with Crippen LogP contribution in [0.3, 0.4) is 0 Å². The first-order valence-corrected chi connectivity index (χ1v) is 11.5. The molecule has 7 heteroatoms. The van der Waals surface area contributed by atoms with Gasteiger partial charge in [-0.05, 0) is 68.8 Å². The maximum absolute atomic E-state index is 4.70. The number of anilines is 4. The summed E-state index contributed by atoms with van der Waals surface area (Å²) in [5.74, 6) is 1.47. The maximum atomic E-state index is 4.70. The van der Waals surface area contributed by atoms with Gasteiger partial charge < -0.3 is 15.5 Å². The molecule has 0 radical (unpaired) electrons. The maximum Gasteiger partial charge on any atom is 0.227 e. The van der Waals surface area contributed by atoms with E-state index in [2.05, 4.69) is 69.5 Å². The molecule has 4 heterocycles. The van der Waals surface area contributed by atoms with Gasteiger partial charge in [0.1, 0.15) is 5.82 Å². The number of nitrogens with zero attached hydrogens (tertiary/aromatic N) is 5. The molecular formula is C25H31N7. The molecule has 32 heavy (non-hydrogen) atoms. The Kier molecular flexibility index (Phi) is 5.66. The molecule has 2 N–H and O–H groups in total. The Labute approximate surface area is 189 Å². The zero-order valence-electron chi connectivity index (χ0n) is 19.0. The number of benzene rings is 1. The molecule has 0 unspecified atom stereocenters. The number of likely N-dealkylation sites (N-methyl/N-ethyl adjacent to an activating group) is 1. The van der Waals surface area contributed by atoms with E-state index in [1.165, 1.54) is 17.7 Å². The molecule has 7 nitrogen and oxygen atoms in total. The van der Waals surface area contributed by atoms with Gasteiger partial charge in [0.15, 0.2) is 0 Å². The number of aromatic nitrogens is 3. The third-order valence-electron chi connectivity index (χ3n) is 6.55. The number of nitrogens with one attached hydrogen (secondary N) is 2. The fourth-order valence-corrected chi connectivity index (χ4v) is 4.83. The van der Waals surface area contributed by atoms with Crippen LogP contribution >= 0.6 is 0 Å². The summed E-state index contributed by atoms with van der Waals surface area (Å²) < 4.78 is 0. The van der Waals surface area contributed by atoms with Crippen molar-refractivity contribution in [2.45, 2.75) is 38.8 Å². The SMILES string of the molecule is CCCNc1ccc(-c2ccnc(Nc3ccc(N4C[C@@H]5C[C@H]4CN5C)c(C)c3)n2)cn1. The number of likely N-dealkylation sites (tertiary alicyclic amines) is 1. The molecule has 0 amide bonds. The number of fused-ring (bicyclic) bond motifs is 2. The average molecular weight is 430 g/mol. The van der Waals surface area contributed by atoms with E-state index in [4.69, 9.17) is 4.98 Å². The van der Waals surface area contributed by atoms with Gasteiger partial charge in [0.2, 0.25) is 5.95 Å². The Hall–Kier alpha value is -3.19. The highest BCUT2D eigenvalue weighted by molar-refractivity contribution is 5.66. The first-order chi connectivity index (χ1) is 15.6. The molecule has 0 spiro atoms. The van der Waals surface area contributed by atoms with E-state index in [0.717, 1.165) is 48.8 Å². The summed E-state index contributed by atoms with van der Waals surface area (Å²) in [6.45, 7) is 7.53. The predicted octanol–water partition coefficient (Wildman–Crippen LogP) is 4.31. The van der Waals surface area contributed by atoms with Crippen LogP contribution in [0.2, 0.25) is 0 Å². The molecule has 2 bridgehead atoms. The lowest BCUT2D eigenvalue weighted by molar-refractivity contribution is 0.292. The predicted molar refractivity (Wildman–Crippen MR) is 131 cm³/mol. The molecule has 5 rings (SSSR count). The molecule has 0 saturated carbocycles. The topological polar surface area (TPSA) is 69.2 Å². The fourth-order valence-electron chi connectivity index (χ4n) is 4.83. The van der Waals surface area contributed by atoms with E-state index < -0.39 is 0 Å². The largest absolute Gasteiger partial charge is 0.370 e. The summed E-state index contributed by atoms with van der Waals surface area (Å²) in [6.07, 6.45) is 5.99. The van der Waals surface area contributed by atoms with Crippen LogP contribution in [-0.2, 0) is 0 Å². The van der Waals surface area contributed by atoms with Crippen LogP contribution in [0.25, 0.3) is 11.3 Å². The first-order valence-electron chi connectivity index (χ1n) is 11.5. The summed E-state index contributed by atoms with van der Waals surface area (Å²) in [7, 11) is 2.24. The van der Waals surface area contributed by atoms with E-state index in [1.807, 2.05) is 24.4 Å². The Morgan fingerprint density at radius 3 is 2.66 bits per heavy atom. The number of hydrogen-bond donors (Lipinski definition) is 2. The third-order valence-corrected chi connectivity index (χ3v) is 6.55. The lowest BCUT2D eigenvalue weighted by atomic mass is 10.1. The smallest absolute Gasteiger partial charge is 0.227 e. The fraction of sp³-hybridized carbons (Fsp3) is 0.400. The molecule has 2 saturated heterocycles. The molecule has 2 aromatic heterocycles. The Morgan fingerprint density at radius 1 is 1.06 bits per heavy atom. The zero-order chi connectivity index (χ0) is 22.1. The molecule has 2 fully saturated rings. The minimum absolute atomic E-state index is 0.588. The van der Waals surface area contributed by atoms with Gasteiger partial charge in [-0.1, -0.05) is 6.92 Å². The third kappa shape index (κ3) is 4.12. The van der Waals surface area contributed by atoms with E-state index in [1.54, 1.807) is 6.20 Å². The molecule has 2 aliphatic heterocycles. The highest BCUT2D eigenvalue weighted by Crippen LogP contribution is 2.36. The molecule has 166 valence electrons. The Morgan fingerprint density at radius 2 is 1.97 bits per heavy atom. The van der Waals surface area contributed by atoms with Gasteiger partial charge in [0, 0.05) is 61.0 Å². The number of piperazine rings is 1. The molecule has 3 aromatic rings. The van der Waals surface area contributed by atoms with Crippen LogP contribution in [0.15, 0.2) is 48.8 Å². The van der Waals surface area contributed by atoms with Crippen molar-refractivity contribution in [2.75, 3.05) is 42.2 Å². The van der Waals surface area contributed by atoms with Crippen molar-refractivity contribution in [2.24, 2.45) is 0 Å². The van der Waals surface area contributed by atoms with E-state index >= 15 is 0 Å². The van der Waals surface area contributed by atoms with Gasteiger partial charge in [-0.3, -0.25) is 4.90 Å². The van der Waals surface area contributed by atoms with Gasteiger partial charge >= 0.3 is 0 Å². The van der Waals surface area contributed by atoms with E-state index in [9.17, 15) is 0 Å². The van der Waals surface area contributed by atoms with Crippen LogP contribution < -0.4 is 15.5 Å². The van der Waals surface area contributed by atoms with Crippen molar-refractivity contribution in [3.63, 3.8) is 0 Å². The monoisotopic (exact) mass is 429 g/mol. The first kappa shape index (κ1) is 20.7. The number of aryl methyl sites for hydroxylation is 1. The van der Waals surface area contributed by atoms with Crippen LogP contribution in [0.5, 0.6) is 0 Å². The zero-order valence-corrected chi connectivity index (χ0v) is 19.0. The minimum atomic E-state index is 0.588. The van der Waals surface area contributed by atoms with Crippen molar-refractivity contribution >= 4 is 23.1 Å². The molecule has 2 atom stereocenters. The van der Waals surface area contributed by atoms with Crippen molar-refractivity contribution < 1.29 is 0 Å². The Bertz CT molecular complexity index is 1080. The van der Waals surface area contributed by atoms with Crippen LogP contribution in [-0.4, -0.2) is 58.6 Å². The highest BCUT2D eigenvalue weighted by atomic mass is 15.3. The summed E-state index contributed by atoms with van der Waals surface area (Å²) in [5.41, 5.74) is 5.44. The van der Waals surface area contributed by atoms with Gasteiger partial charge in [-0.15, -0.1) is 0 Å². The quantitative estimate of drug-likeness (QED) is 0.580. The highest BCUT2D eigenvalue weighted by Gasteiger charge is 2.41. The summed E-state index contributed by atoms with van der Waals surface area (Å²) in [6, 6.07) is 13.8. The van der Waals surface area contributed by atoms with Crippen molar-refractivity contribution in [1.29, 1.82) is 0 Å². The van der Waals surface area contributed by atoms with Gasteiger partial charge in [-0.2, -0.15) is 0 Å². The standard InChI is InChI=1S/C25H31N7/c1-4-10-26-24-8-5-18(14-28-24)22-9-11-27-25(30-22)29-19-6-7-23(17(2)12-19)32-16-20-13-21(32)15-31(20)3/h5-9,11-12,14,20-21H,4,10,13,15-16H2,1-3H3,(H,26,28)(H,27,29,30)/t20-,21-/m0/s1. The number of rotatable bonds is 7. The normalized spacial score (nSPS) is 20.0. The van der Waals surface area contributed by atoms with Crippen molar-refractivity contribution in [3.8, 4) is 11.3 Å². The van der Waals surface area contributed by atoms with Crippen molar-refractivity contribution in [3.05, 3.63) is 54.4 Å². The molecule has 1 aromatic carbocycles. The Balaban J connectivity index is 1.29. The van der Waals surface area contributed by atoms with Crippen LogP contribution in [0.1, 0.15) is 25.3 Å². The average Bonchev–Trinajstić information content (AvgIpc) is 3.38. The molecular weight excluding hydrogens is 398 g/mol. The minimum Gasteiger partial charge on any atom is -0.370 e. The van der Waals surface area contributed by atoms with E-state index in [0.29, 0.717) is 18.0 Å². The summed E-state index contributed by atoms with van der Waals surface area (Å²) >= 11 is 0. The second-order valence-corrected chi connectivity index (χ2v) is 8.89. The van der Waals surface area contributed by atoms with Gasteiger partial charge in [-0.25, -0.2) is 15.0 Å². The summed E-state index contributed by atoms with van der Waals surface area (Å²) in [4.78, 5) is 18.7. The van der Waals surface area contributed by atoms with Crippen LogP contribution in [0.4, 0.5) is 23.1 Å². The van der Waals surface area contributed by atoms with E-state index in [-0.39, 0.29) is 0 Å².